The maximum Gasteiger partial charge on any atom is 0.225 e. The van der Waals surface area contributed by atoms with Gasteiger partial charge in [-0.1, -0.05) is 0 Å². The number of carbonyl (C=O) groups is 1. The summed E-state index contributed by atoms with van der Waals surface area (Å²) in [5.74, 6) is 1.67. The van der Waals surface area contributed by atoms with E-state index in [9.17, 15) is 4.79 Å². The minimum absolute atomic E-state index is 0. The van der Waals surface area contributed by atoms with E-state index < -0.39 is 0 Å². The second kappa shape index (κ2) is 11.7. The van der Waals surface area contributed by atoms with Crippen LogP contribution in [-0.2, 0) is 18.4 Å². The highest BCUT2D eigenvalue weighted by atomic mass is 127. The zero-order valence-electron chi connectivity index (χ0n) is 17.9. The first-order valence-electron chi connectivity index (χ1n) is 9.90. The van der Waals surface area contributed by atoms with Crippen molar-refractivity contribution in [3.05, 3.63) is 42.5 Å². The van der Waals surface area contributed by atoms with Crippen LogP contribution in [0.3, 0.4) is 0 Å². The lowest BCUT2D eigenvalue weighted by molar-refractivity contribution is -0.131. The third-order valence-electron chi connectivity index (χ3n) is 5.11. The molecule has 0 aliphatic carbocycles. The monoisotopic (exact) mass is 526 g/mol. The number of hydrogen-bond acceptors (Lipinski definition) is 5. The zero-order valence-corrected chi connectivity index (χ0v) is 20.2. The molecular weight excluding hydrogens is 495 g/mol. The Balaban J connectivity index is 0.00000320. The molecule has 3 heterocycles. The fourth-order valence-corrected chi connectivity index (χ4v) is 3.41. The summed E-state index contributed by atoms with van der Waals surface area (Å²) < 4.78 is 2.09. The maximum absolute atomic E-state index is 12.6. The number of aliphatic imine (C=N–C) groups is 1. The van der Waals surface area contributed by atoms with E-state index in [2.05, 4.69) is 40.7 Å². The van der Waals surface area contributed by atoms with Gasteiger partial charge in [0.2, 0.25) is 11.9 Å². The SMILES string of the molecule is CN=C(NCCC(=O)N1CCN(c2ncccn2)CC1)N(C)Cc1cccn1C.I. The van der Waals surface area contributed by atoms with E-state index in [0.717, 1.165) is 31.5 Å². The lowest BCUT2D eigenvalue weighted by atomic mass is 10.3. The molecule has 0 radical (unpaired) electrons. The van der Waals surface area contributed by atoms with Crippen LogP contribution >= 0.6 is 24.0 Å². The second-order valence-corrected chi connectivity index (χ2v) is 7.11. The average Bonchev–Trinajstić information content (AvgIpc) is 3.16. The van der Waals surface area contributed by atoms with Crippen molar-refractivity contribution < 1.29 is 4.79 Å². The first-order chi connectivity index (χ1) is 14.1. The van der Waals surface area contributed by atoms with Crippen LogP contribution in [0.25, 0.3) is 0 Å². The predicted molar refractivity (Wildman–Crippen MR) is 129 cm³/mol. The number of aromatic nitrogens is 3. The van der Waals surface area contributed by atoms with Crippen molar-refractivity contribution in [2.24, 2.45) is 12.0 Å². The number of nitrogens with one attached hydrogen (secondary N) is 1. The van der Waals surface area contributed by atoms with Gasteiger partial charge in [0.1, 0.15) is 0 Å². The summed E-state index contributed by atoms with van der Waals surface area (Å²) in [6, 6.07) is 5.93. The molecule has 0 spiro atoms. The normalized spacial score (nSPS) is 14.3. The molecular formula is C20H31IN8O. The molecule has 30 heavy (non-hydrogen) atoms. The van der Waals surface area contributed by atoms with Crippen LogP contribution < -0.4 is 10.2 Å². The smallest absolute Gasteiger partial charge is 0.225 e. The molecule has 3 rings (SSSR count). The molecule has 10 heteroatoms. The van der Waals surface area contributed by atoms with Crippen LogP contribution in [0.4, 0.5) is 5.95 Å². The van der Waals surface area contributed by atoms with E-state index in [1.807, 2.05) is 31.3 Å². The van der Waals surface area contributed by atoms with Gasteiger partial charge in [-0.3, -0.25) is 9.79 Å². The summed E-state index contributed by atoms with van der Waals surface area (Å²) in [5.41, 5.74) is 1.20. The van der Waals surface area contributed by atoms with Gasteiger partial charge in [-0.2, -0.15) is 0 Å². The van der Waals surface area contributed by atoms with Crippen LogP contribution in [0.15, 0.2) is 41.8 Å². The highest BCUT2D eigenvalue weighted by Crippen LogP contribution is 2.10. The first kappa shape index (κ1) is 23.9. The van der Waals surface area contributed by atoms with Crippen molar-refractivity contribution in [1.82, 2.24) is 29.7 Å². The number of carbonyl (C=O) groups excluding carboxylic acids is 1. The van der Waals surface area contributed by atoms with E-state index in [1.54, 1.807) is 25.5 Å². The molecule has 1 aliphatic rings. The fourth-order valence-electron chi connectivity index (χ4n) is 3.41. The van der Waals surface area contributed by atoms with Gasteiger partial charge in [0.25, 0.3) is 0 Å². The predicted octanol–water partition coefficient (Wildman–Crippen LogP) is 1.18. The topological polar surface area (TPSA) is 81.9 Å². The Bertz CT molecular complexity index is 817. The van der Waals surface area contributed by atoms with E-state index in [-0.39, 0.29) is 29.9 Å². The number of amides is 1. The molecule has 2 aromatic heterocycles. The molecule has 0 aromatic carbocycles. The number of halogens is 1. The Morgan fingerprint density at radius 1 is 1.20 bits per heavy atom. The minimum atomic E-state index is 0. The van der Waals surface area contributed by atoms with Crippen molar-refractivity contribution in [1.29, 1.82) is 0 Å². The molecule has 1 amide bonds. The summed E-state index contributed by atoms with van der Waals surface area (Å²) in [6.45, 7) is 4.21. The Kier molecular flexibility index (Phi) is 9.34. The van der Waals surface area contributed by atoms with Gasteiger partial charge in [-0.25, -0.2) is 9.97 Å². The van der Waals surface area contributed by atoms with Crippen LogP contribution in [0.2, 0.25) is 0 Å². The number of aryl methyl sites for hydroxylation is 1. The van der Waals surface area contributed by atoms with Crippen LogP contribution in [-0.4, -0.2) is 83.0 Å². The van der Waals surface area contributed by atoms with Gasteiger partial charge >= 0.3 is 0 Å². The third-order valence-corrected chi connectivity index (χ3v) is 5.11. The van der Waals surface area contributed by atoms with Crippen LogP contribution in [0.5, 0.6) is 0 Å². The van der Waals surface area contributed by atoms with Crippen molar-refractivity contribution >= 4 is 41.8 Å². The molecule has 1 saturated heterocycles. The van der Waals surface area contributed by atoms with E-state index >= 15 is 0 Å². The lowest BCUT2D eigenvalue weighted by Crippen LogP contribution is -2.50. The zero-order chi connectivity index (χ0) is 20.6. The minimum Gasteiger partial charge on any atom is -0.356 e. The number of hydrogen-bond donors (Lipinski definition) is 1. The average molecular weight is 526 g/mol. The lowest BCUT2D eigenvalue weighted by Gasteiger charge is -2.34. The Labute approximate surface area is 195 Å². The highest BCUT2D eigenvalue weighted by molar-refractivity contribution is 14.0. The summed E-state index contributed by atoms with van der Waals surface area (Å²) >= 11 is 0. The van der Waals surface area contributed by atoms with E-state index in [4.69, 9.17) is 0 Å². The molecule has 2 aromatic rings. The number of guanidine groups is 1. The molecule has 0 unspecified atom stereocenters. The maximum atomic E-state index is 12.6. The van der Waals surface area contributed by atoms with Crippen LogP contribution in [0, 0.1) is 0 Å². The Morgan fingerprint density at radius 3 is 2.50 bits per heavy atom. The van der Waals surface area contributed by atoms with Gasteiger partial charge < -0.3 is 24.6 Å². The quantitative estimate of drug-likeness (QED) is 0.346. The Hall–Kier alpha value is -2.37. The summed E-state index contributed by atoms with van der Waals surface area (Å²) in [6.07, 6.45) is 5.96. The van der Waals surface area contributed by atoms with Crippen molar-refractivity contribution in [2.45, 2.75) is 13.0 Å². The summed E-state index contributed by atoms with van der Waals surface area (Å²) in [5, 5.41) is 3.29. The van der Waals surface area contributed by atoms with E-state index in [0.29, 0.717) is 26.1 Å². The van der Waals surface area contributed by atoms with Gasteiger partial charge in [-0.05, 0) is 18.2 Å². The molecule has 164 valence electrons. The highest BCUT2D eigenvalue weighted by Gasteiger charge is 2.22. The number of nitrogens with zero attached hydrogens (tertiary/aromatic N) is 7. The van der Waals surface area contributed by atoms with Crippen LogP contribution in [0.1, 0.15) is 12.1 Å². The number of piperazine rings is 1. The Morgan fingerprint density at radius 2 is 1.90 bits per heavy atom. The number of rotatable bonds is 6. The van der Waals surface area contributed by atoms with Gasteiger partial charge in [0.15, 0.2) is 5.96 Å². The van der Waals surface area contributed by atoms with Gasteiger partial charge in [0.05, 0.1) is 6.54 Å². The van der Waals surface area contributed by atoms with Crippen molar-refractivity contribution in [2.75, 3.05) is 51.7 Å². The fraction of sp³-hybridized carbons (Fsp3) is 0.500. The first-order valence-corrected chi connectivity index (χ1v) is 9.90. The second-order valence-electron chi connectivity index (χ2n) is 7.11. The number of anilines is 1. The molecule has 0 atom stereocenters. The standard InChI is InChI=1S/C20H30N8O.HI/c1-21-19(26(3)16-17-6-4-11-25(17)2)24-10-7-18(29)27-12-14-28(15-13-27)20-22-8-5-9-23-20;/h4-6,8-9,11H,7,10,12-16H2,1-3H3,(H,21,24);1H. The van der Waals surface area contributed by atoms with Crippen molar-refractivity contribution in [3.63, 3.8) is 0 Å². The van der Waals surface area contributed by atoms with Gasteiger partial charge in [0, 0.05) is 84.6 Å². The molecule has 0 saturated carbocycles. The molecule has 1 fully saturated rings. The summed E-state index contributed by atoms with van der Waals surface area (Å²) in [4.78, 5) is 31.5. The van der Waals surface area contributed by atoms with E-state index in [1.165, 1.54) is 5.69 Å². The molecule has 1 N–H and O–H groups in total. The molecule has 1 aliphatic heterocycles. The largest absolute Gasteiger partial charge is 0.356 e. The third kappa shape index (κ3) is 6.31. The van der Waals surface area contributed by atoms with Gasteiger partial charge in [-0.15, -0.1) is 24.0 Å². The molecule has 0 bridgehead atoms. The van der Waals surface area contributed by atoms with Crippen molar-refractivity contribution in [3.8, 4) is 0 Å². The molecule has 9 nitrogen and oxygen atoms in total. The summed E-state index contributed by atoms with van der Waals surface area (Å²) in [7, 11) is 5.78.